The molecular formula is C11H12O. The van der Waals surface area contributed by atoms with Crippen molar-refractivity contribution in [2.24, 2.45) is 0 Å². The Morgan fingerprint density at radius 3 is 2.50 bits per heavy atom. The van der Waals surface area contributed by atoms with Crippen LogP contribution in [0.4, 0.5) is 0 Å². The third-order valence-corrected chi connectivity index (χ3v) is 1.55. The molecule has 0 bridgehead atoms. The monoisotopic (exact) mass is 160 g/mol. The molecule has 62 valence electrons. The van der Waals surface area contributed by atoms with Crippen molar-refractivity contribution in [3.8, 4) is 11.8 Å². The lowest BCUT2D eigenvalue weighted by Crippen LogP contribution is -1.99. The fourth-order valence-electron chi connectivity index (χ4n) is 0.765. The molecule has 0 heterocycles. The average Bonchev–Trinajstić information content (AvgIpc) is 2.16. The number of hydrogen-bond donors (Lipinski definition) is 0. The van der Waals surface area contributed by atoms with Crippen LogP contribution in [0.5, 0.6) is 0 Å². The van der Waals surface area contributed by atoms with E-state index in [1.165, 1.54) is 0 Å². The highest BCUT2D eigenvalue weighted by atomic mass is 16.5. The molecule has 12 heavy (non-hydrogen) atoms. The summed E-state index contributed by atoms with van der Waals surface area (Å²) in [5.74, 6) is 6.00. The van der Waals surface area contributed by atoms with E-state index in [1.54, 1.807) is 7.11 Å². The first-order chi connectivity index (χ1) is 5.83. The Morgan fingerprint density at radius 2 is 1.92 bits per heavy atom. The first-order valence-corrected chi connectivity index (χ1v) is 3.92. The molecule has 0 amide bonds. The first kappa shape index (κ1) is 8.83. The van der Waals surface area contributed by atoms with Gasteiger partial charge in [-0.05, 0) is 19.1 Å². The average molecular weight is 160 g/mol. The van der Waals surface area contributed by atoms with Gasteiger partial charge in [-0.15, -0.1) is 0 Å². The van der Waals surface area contributed by atoms with E-state index in [1.807, 2.05) is 37.3 Å². The zero-order chi connectivity index (χ0) is 8.81. The van der Waals surface area contributed by atoms with Crippen LogP contribution < -0.4 is 0 Å². The molecule has 0 aromatic heterocycles. The molecule has 0 aliphatic carbocycles. The highest BCUT2D eigenvalue weighted by molar-refractivity contribution is 5.34. The van der Waals surface area contributed by atoms with Crippen molar-refractivity contribution in [2.75, 3.05) is 7.11 Å². The summed E-state index contributed by atoms with van der Waals surface area (Å²) >= 11 is 0. The van der Waals surface area contributed by atoms with E-state index in [0.29, 0.717) is 0 Å². The fraction of sp³-hybridized carbons (Fsp3) is 0.273. The third kappa shape index (κ3) is 2.77. The van der Waals surface area contributed by atoms with E-state index in [0.717, 1.165) is 5.56 Å². The van der Waals surface area contributed by atoms with Crippen molar-refractivity contribution in [2.45, 2.75) is 13.0 Å². The molecule has 1 unspecified atom stereocenters. The summed E-state index contributed by atoms with van der Waals surface area (Å²) in [6, 6.07) is 9.89. The van der Waals surface area contributed by atoms with Crippen LogP contribution in [0, 0.1) is 11.8 Å². The van der Waals surface area contributed by atoms with Gasteiger partial charge < -0.3 is 4.74 Å². The number of rotatable bonds is 1. The molecule has 1 atom stereocenters. The third-order valence-electron chi connectivity index (χ3n) is 1.55. The number of ether oxygens (including phenoxy) is 1. The Labute approximate surface area is 73.4 Å². The topological polar surface area (TPSA) is 9.23 Å². The molecule has 0 N–H and O–H groups in total. The van der Waals surface area contributed by atoms with Gasteiger partial charge in [0, 0.05) is 12.7 Å². The minimum Gasteiger partial charge on any atom is -0.369 e. The molecule has 0 radical (unpaired) electrons. The second-order valence-electron chi connectivity index (χ2n) is 2.51. The van der Waals surface area contributed by atoms with Crippen molar-refractivity contribution in [3.05, 3.63) is 35.9 Å². The molecule has 0 saturated heterocycles. The lowest BCUT2D eigenvalue weighted by molar-refractivity contribution is 0.163. The maximum absolute atomic E-state index is 5.00. The van der Waals surface area contributed by atoms with E-state index in [-0.39, 0.29) is 6.10 Å². The maximum Gasteiger partial charge on any atom is 0.115 e. The molecule has 1 heteroatoms. The van der Waals surface area contributed by atoms with Gasteiger partial charge in [0.1, 0.15) is 6.10 Å². The first-order valence-electron chi connectivity index (χ1n) is 3.92. The molecule has 1 aromatic carbocycles. The summed E-state index contributed by atoms with van der Waals surface area (Å²) in [5, 5.41) is 0. The zero-order valence-electron chi connectivity index (χ0n) is 7.37. The highest BCUT2D eigenvalue weighted by Gasteiger charge is 1.88. The highest BCUT2D eigenvalue weighted by Crippen LogP contribution is 1.95. The smallest absolute Gasteiger partial charge is 0.115 e. The quantitative estimate of drug-likeness (QED) is 0.571. The molecule has 0 aliphatic heterocycles. The van der Waals surface area contributed by atoms with E-state index in [2.05, 4.69) is 11.8 Å². The molecule has 0 fully saturated rings. The van der Waals surface area contributed by atoms with Gasteiger partial charge in [-0.3, -0.25) is 0 Å². The van der Waals surface area contributed by atoms with Crippen LogP contribution in [0.1, 0.15) is 12.5 Å². The van der Waals surface area contributed by atoms with Crippen molar-refractivity contribution in [1.82, 2.24) is 0 Å². The number of hydrogen-bond acceptors (Lipinski definition) is 1. The summed E-state index contributed by atoms with van der Waals surface area (Å²) in [7, 11) is 1.66. The second-order valence-corrected chi connectivity index (χ2v) is 2.51. The van der Waals surface area contributed by atoms with E-state index in [9.17, 15) is 0 Å². The van der Waals surface area contributed by atoms with Crippen molar-refractivity contribution in [3.63, 3.8) is 0 Å². The molecule has 1 aromatic rings. The Balaban J connectivity index is 2.67. The summed E-state index contributed by atoms with van der Waals surface area (Å²) in [6.45, 7) is 1.93. The Bertz CT molecular complexity index is 279. The lowest BCUT2D eigenvalue weighted by atomic mass is 10.2. The molecule has 0 aliphatic rings. The van der Waals surface area contributed by atoms with Gasteiger partial charge in [0.2, 0.25) is 0 Å². The lowest BCUT2D eigenvalue weighted by Gasteiger charge is -1.96. The van der Waals surface area contributed by atoms with Gasteiger partial charge in [-0.25, -0.2) is 0 Å². The van der Waals surface area contributed by atoms with Gasteiger partial charge in [-0.2, -0.15) is 0 Å². The normalized spacial score (nSPS) is 11.5. The van der Waals surface area contributed by atoms with Crippen LogP contribution in [0.25, 0.3) is 0 Å². The van der Waals surface area contributed by atoms with Crippen LogP contribution in [0.2, 0.25) is 0 Å². The predicted octanol–water partition coefficient (Wildman–Crippen LogP) is 2.07. The van der Waals surface area contributed by atoms with E-state index >= 15 is 0 Å². The standard InChI is InChI=1S/C11H12O/c1-10(12-2)8-9-11-6-4-3-5-7-11/h3-7,10H,1-2H3. The van der Waals surface area contributed by atoms with Crippen LogP contribution in [-0.4, -0.2) is 13.2 Å². The Kier molecular flexibility index (Phi) is 3.37. The molecule has 1 nitrogen and oxygen atoms in total. The molecule has 1 rings (SSSR count). The molecule has 0 saturated carbocycles. The van der Waals surface area contributed by atoms with E-state index < -0.39 is 0 Å². The number of methoxy groups -OCH3 is 1. The zero-order valence-corrected chi connectivity index (χ0v) is 7.37. The van der Waals surface area contributed by atoms with Crippen molar-refractivity contribution in [1.29, 1.82) is 0 Å². The van der Waals surface area contributed by atoms with Gasteiger partial charge in [0.15, 0.2) is 0 Å². The number of benzene rings is 1. The van der Waals surface area contributed by atoms with Crippen molar-refractivity contribution < 1.29 is 4.74 Å². The largest absolute Gasteiger partial charge is 0.369 e. The summed E-state index contributed by atoms with van der Waals surface area (Å²) in [6.07, 6.45) is 0.00482. The van der Waals surface area contributed by atoms with Crippen LogP contribution in [-0.2, 0) is 4.74 Å². The van der Waals surface area contributed by atoms with Crippen molar-refractivity contribution >= 4 is 0 Å². The SMILES string of the molecule is COC(C)C#Cc1ccccc1. The van der Waals surface area contributed by atoms with E-state index in [4.69, 9.17) is 4.74 Å². The molecule has 0 spiro atoms. The van der Waals surface area contributed by atoms with Crippen LogP contribution in [0.15, 0.2) is 30.3 Å². The fourth-order valence-corrected chi connectivity index (χ4v) is 0.765. The Hall–Kier alpha value is -1.26. The van der Waals surface area contributed by atoms with Gasteiger partial charge in [0.25, 0.3) is 0 Å². The van der Waals surface area contributed by atoms with Gasteiger partial charge in [-0.1, -0.05) is 30.0 Å². The van der Waals surface area contributed by atoms with Crippen LogP contribution >= 0.6 is 0 Å². The second kappa shape index (κ2) is 4.58. The summed E-state index contributed by atoms with van der Waals surface area (Å²) < 4.78 is 5.00. The Morgan fingerprint density at radius 1 is 1.25 bits per heavy atom. The maximum atomic E-state index is 5.00. The minimum absolute atomic E-state index is 0.00482. The van der Waals surface area contributed by atoms with Gasteiger partial charge >= 0.3 is 0 Å². The van der Waals surface area contributed by atoms with Gasteiger partial charge in [0.05, 0.1) is 0 Å². The predicted molar refractivity (Wildman–Crippen MR) is 49.8 cm³/mol. The summed E-state index contributed by atoms with van der Waals surface area (Å²) in [5.41, 5.74) is 1.03. The minimum atomic E-state index is 0.00482. The molecular weight excluding hydrogens is 148 g/mol. The summed E-state index contributed by atoms with van der Waals surface area (Å²) in [4.78, 5) is 0. The van der Waals surface area contributed by atoms with Crippen LogP contribution in [0.3, 0.4) is 0 Å².